The number of benzene rings is 1. The summed E-state index contributed by atoms with van der Waals surface area (Å²) in [4.78, 5) is 24.4. The number of halogens is 2. The summed E-state index contributed by atoms with van der Waals surface area (Å²) in [5.41, 5.74) is 0.109. The molecule has 0 heterocycles. The number of esters is 1. The van der Waals surface area contributed by atoms with Crippen molar-refractivity contribution in [2.45, 2.75) is 63.2 Å². The lowest BCUT2D eigenvalue weighted by molar-refractivity contribution is -0.147. The lowest BCUT2D eigenvalue weighted by Crippen LogP contribution is -2.24. The molecule has 1 N–H and O–H groups in total. The van der Waals surface area contributed by atoms with Gasteiger partial charge in [-0.15, -0.1) is 11.8 Å². The minimum Gasteiger partial charge on any atom is -0.462 e. The van der Waals surface area contributed by atoms with Crippen molar-refractivity contribution >= 4 is 45.3 Å². The highest BCUT2D eigenvalue weighted by atomic mass is 79.9. The van der Waals surface area contributed by atoms with Gasteiger partial charge in [0, 0.05) is 15.8 Å². The van der Waals surface area contributed by atoms with E-state index in [0.717, 1.165) is 6.42 Å². The van der Waals surface area contributed by atoms with E-state index in [4.69, 9.17) is 4.74 Å². The Bertz CT molecular complexity index is 597. The smallest absolute Gasteiger partial charge is 0.319 e. The molecule has 0 fully saturated rings. The number of carbonyl (C=O) groups excluding carboxylic acids is 2. The molecule has 1 rings (SSSR count). The van der Waals surface area contributed by atoms with Gasteiger partial charge in [-0.05, 0) is 47.8 Å². The Hall–Kier alpha value is -1.08. The third-order valence-corrected chi connectivity index (χ3v) is 5.73. The standard InChI is InChI=1S/C17H23BrFNO3S/c1-5-10(4)23-17(22)14(6-2)24-15-9-13(20-16(21)7-3)12(19)8-11(15)18/h8-10,14H,5-7H2,1-4H3,(H,20,21). The van der Waals surface area contributed by atoms with Gasteiger partial charge in [0.05, 0.1) is 11.8 Å². The Labute approximate surface area is 155 Å². The monoisotopic (exact) mass is 419 g/mol. The molecule has 1 aromatic rings. The number of ether oxygens (including phenoxy) is 1. The topological polar surface area (TPSA) is 55.4 Å². The van der Waals surface area contributed by atoms with Gasteiger partial charge in [0.25, 0.3) is 0 Å². The minimum absolute atomic E-state index is 0.109. The second kappa shape index (κ2) is 10.0. The van der Waals surface area contributed by atoms with E-state index in [1.54, 1.807) is 6.92 Å². The zero-order valence-electron chi connectivity index (χ0n) is 14.3. The second-order valence-corrected chi connectivity index (χ2v) is 7.43. The van der Waals surface area contributed by atoms with Crippen molar-refractivity contribution in [1.29, 1.82) is 0 Å². The van der Waals surface area contributed by atoms with E-state index >= 15 is 0 Å². The van der Waals surface area contributed by atoms with Crippen LogP contribution in [-0.4, -0.2) is 23.2 Å². The van der Waals surface area contributed by atoms with Crippen LogP contribution in [0.3, 0.4) is 0 Å². The Morgan fingerprint density at radius 3 is 2.50 bits per heavy atom. The van der Waals surface area contributed by atoms with E-state index in [1.807, 2.05) is 20.8 Å². The minimum atomic E-state index is -0.525. The highest BCUT2D eigenvalue weighted by Gasteiger charge is 2.23. The first kappa shape index (κ1) is 21.0. The maximum absolute atomic E-state index is 14.0. The van der Waals surface area contributed by atoms with Crippen LogP contribution in [-0.2, 0) is 14.3 Å². The normalized spacial score (nSPS) is 13.2. The Morgan fingerprint density at radius 2 is 1.96 bits per heavy atom. The van der Waals surface area contributed by atoms with Gasteiger partial charge in [0.1, 0.15) is 11.1 Å². The number of carbonyl (C=O) groups is 2. The molecule has 2 atom stereocenters. The summed E-state index contributed by atoms with van der Waals surface area (Å²) in [7, 11) is 0. The third kappa shape index (κ3) is 6.09. The van der Waals surface area contributed by atoms with Crippen LogP contribution >= 0.6 is 27.7 Å². The lowest BCUT2D eigenvalue weighted by atomic mass is 10.3. The summed E-state index contributed by atoms with van der Waals surface area (Å²) in [6, 6.07) is 2.83. The molecule has 0 aromatic heterocycles. The predicted octanol–water partition coefficient (Wildman–Crippen LogP) is 5.15. The molecule has 0 radical (unpaired) electrons. The van der Waals surface area contributed by atoms with E-state index < -0.39 is 11.1 Å². The van der Waals surface area contributed by atoms with Gasteiger partial charge in [-0.3, -0.25) is 9.59 Å². The Morgan fingerprint density at radius 1 is 1.29 bits per heavy atom. The van der Waals surface area contributed by atoms with Crippen LogP contribution in [0.15, 0.2) is 21.5 Å². The fourth-order valence-electron chi connectivity index (χ4n) is 1.76. The molecule has 1 aromatic carbocycles. The number of thioether (sulfide) groups is 1. The molecule has 0 aliphatic rings. The fraction of sp³-hybridized carbons (Fsp3) is 0.529. The molecule has 2 unspecified atom stereocenters. The van der Waals surface area contributed by atoms with Crippen LogP contribution in [0.2, 0.25) is 0 Å². The molecule has 0 aliphatic carbocycles. The van der Waals surface area contributed by atoms with Crippen molar-refractivity contribution in [2.24, 2.45) is 0 Å². The first-order chi connectivity index (χ1) is 11.3. The van der Waals surface area contributed by atoms with E-state index in [9.17, 15) is 14.0 Å². The quantitative estimate of drug-likeness (QED) is 0.467. The highest BCUT2D eigenvalue weighted by molar-refractivity contribution is 9.10. The van der Waals surface area contributed by atoms with Crippen molar-refractivity contribution in [2.75, 3.05) is 5.32 Å². The SMILES string of the molecule is CCC(=O)Nc1cc(SC(CC)C(=O)OC(C)CC)c(Br)cc1F. The molecule has 1 amide bonds. The number of amides is 1. The number of hydrogen-bond donors (Lipinski definition) is 1. The van der Waals surface area contributed by atoms with Crippen LogP contribution in [0.5, 0.6) is 0 Å². The zero-order chi connectivity index (χ0) is 18.3. The molecule has 0 saturated carbocycles. The first-order valence-electron chi connectivity index (χ1n) is 7.98. The predicted molar refractivity (Wildman–Crippen MR) is 98.8 cm³/mol. The van der Waals surface area contributed by atoms with E-state index in [2.05, 4.69) is 21.2 Å². The summed E-state index contributed by atoms with van der Waals surface area (Å²) < 4.78 is 19.9. The summed E-state index contributed by atoms with van der Waals surface area (Å²) in [5.74, 6) is -1.08. The molecule has 7 heteroatoms. The van der Waals surface area contributed by atoms with E-state index in [0.29, 0.717) is 15.8 Å². The molecule has 0 bridgehead atoms. The number of rotatable bonds is 8. The van der Waals surface area contributed by atoms with E-state index in [1.165, 1.54) is 23.9 Å². The van der Waals surface area contributed by atoms with Crippen LogP contribution in [0.1, 0.15) is 47.0 Å². The second-order valence-electron chi connectivity index (χ2n) is 5.33. The average molecular weight is 420 g/mol. The number of nitrogens with one attached hydrogen (secondary N) is 1. The van der Waals surface area contributed by atoms with Crippen LogP contribution in [0.25, 0.3) is 0 Å². The maximum atomic E-state index is 14.0. The molecular weight excluding hydrogens is 397 g/mol. The van der Waals surface area contributed by atoms with E-state index in [-0.39, 0.29) is 30.1 Å². The fourth-order valence-corrected chi connectivity index (χ4v) is 3.34. The van der Waals surface area contributed by atoms with Crippen molar-refractivity contribution in [1.82, 2.24) is 0 Å². The molecule has 0 spiro atoms. The maximum Gasteiger partial charge on any atom is 0.319 e. The number of anilines is 1. The molecule has 24 heavy (non-hydrogen) atoms. The molecular formula is C17H23BrFNO3S. The van der Waals surface area contributed by atoms with Crippen molar-refractivity contribution < 1.29 is 18.7 Å². The van der Waals surface area contributed by atoms with Gasteiger partial charge >= 0.3 is 5.97 Å². The van der Waals surface area contributed by atoms with Crippen molar-refractivity contribution in [3.63, 3.8) is 0 Å². The molecule has 134 valence electrons. The third-order valence-electron chi connectivity index (χ3n) is 3.41. The zero-order valence-corrected chi connectivity index (χ0v) is 16.7. The highest BCUT2D eigenvalue weighted by Crippen LogP contribution is 2.36. The summed E-state index contributed by atoms with van der Waals surface area (Å²) in [5, 5.41) is 2.13. The largest absolute Gasteiger partial charge is 0.462 e. The average Bonchev–Trinajstić information content (AvgIpc) is 2.55. The Balaban J connectivity index is 2.97. The van der Waals surface area contributed by atoms with Crippen molar-refractivity contribution in [3.05, 3.63) is 22.4 Å². The number of hydrogen-bond acceptors (Lipinski definition) is 4. The van der Waals surface area contributed by atoms with Gasteiger partial charge in [0.15, 0.2) is 0 Å². The first-order valence-corrected chi connectivity index (χ1v) is 9.65. The molecule has 0 aliphatic heterocycles. The summed E-state index contributed by atoms with van der Waals surface area (Å²) in [6.45, 7) is 7.39. The van der Waals surface area contributed by atoms with Gasteiger partial charge in [-0.2, -0.15) is 0 Å². The van der Waals surface area contributed by atoms with Crippen LogP contribution in [0, 0.1) is 5.82 Å². The molecule has 4 nitrogen and oxygen atoms in total. The van der Waals surface area contributed by atoms with Gasteiger partial charge in [0.2, 0.25) is 5.91 Å². The van der Waals surface area contributed by atoms with Crippen LogP contribution < -0.4 is 5.32 Å². The van der Waals surface area contributed by atoms with Gasteiger partial charge < -0.3 is 10.1 Å². The molecule has 0 saturated heterocycles. The summed E-state index contributed by atoms with van der Waals surface area (Å²) >= 11 is 4.60. The van der Waals surface area contributed by atoms with Gasteiger partial charge in [-0.1, -0.05) is 20.8 Å². The lowest BCUT2D eigenvalue weighted by Gasteiger charge is -2.18. The summed E-state index contributed by atoms with van der Waals surface area (Å²) in [6.07, 6.45) is 1.46. The van der Waals surface area contributed by atoms with Crippen LogP contribution in [0.4, 0.5) is 10.1 Å². The Kier molecular flexibility index (Phi) is 8.76. The van der Waals surface area contributed by atoms with Gasteiger partial charge in [-0.25, -0.2) is 4.39 Å². The van der Waals surface area contributed by atoms with Crippen molar-refractivity contribution in [3.8, 4) is 0 Å².